The molecule has 3 aromatic rings. The molecule has 1 amide bonds. The lowest BCUT2D eigenvalue weighted by molar-refractivity contribution is -0.143. The number of aryl methyl sites for hydroxylation is 1. The molecule has 1 fully saturated rings. The third kappa shape index (κ3) is 7.08. The maximum atomic E-state index is 14.0. The van der Waals surface area contributed by atoms with Gasteiger partial charge in [-0.15, -0.1) is 0 Å². The van der Waals surface area contributed by atoms with Crippen molar-refractivity contribution < 1.29 is 39.7 Å². The van der Waals surface area contributed by atoms with Gasteiger partial charge in [0.05, 0.1) is 28.4 Å². The summed E-state index contributed by atoms with van der Waals surface area (Å²) in [5.74, 6) is 0.0260. The standard InChI is InChI=1S/C31H32F7N3O2S/c1-18-10-23(32)6-7-24(18)25-14-27(41-9-8-19(16-41)17-44(5)43)39-15-26(25)40(4)28(42)29(2,3)20-11-21(30(33,34)35)13-22(12-20)31(36,37)38/h6-7,10-15,19H,8-9,16-17H2,1-5H3/t19-,44?/m0/s1. The Labute approximate surface area is 253 Å². The summed E-state index contributed by atoms with van der Waals surface area (Å²) in [4.78, 5) is 21.6. The Hall–Kier alpha value is -3.48. The van der Waals surface area contributed by atoms with Crippen molar-refractivity contribution in [2.24, 2.45) is 5.92 Å². The quantitative estimate of drug-likeness (QED) is 0.252. The van der Waals surface area contributed by atoms with Gasteiger partial charge in [-0.25, -0.2) is 9.37 Å². The minimum atomic E-state index is -5.07. The van der Waals surface area contributed by atoms with Crippen molar-refractivity contribution in [2.45, 2.75) is 45.0 Å². The van der Waals surface area contributed by atoms with Crippen LogP contribution in [0.4, 0.5) is 42.2 Å². The Balaban J connectivity index is 1.79. The average molecular weight is 644 g/mol. The first-order chi connectivity index (χ1) is 20.3. The number of carbonyl (C=O) groups excluding carboxylic acids is 1. The molecule has 13 heteroatoms. The molecule has 238 valence electrons. The molecule has 1 unspecified atom stereocenters. The van der Waals surface area contributed by atoms with Gasteiger partial charge in [-0.3, -0.25) is 9.00 Å². The Bertz CT molecular complexity index is 1560. The number of aromatic nitrogens is 1. The Morgan fingerprint density at radius 2 is 1.57 bits per heavy atom. The number of hydrogen-bond acceptors (Lipinski definition) is 4. The Morgan fingerprint density at radius 3 is 2.11 bits per heavy atom. The molecule has 2 aromatic carbocycles. The zero-order valence-corrected chi connectivity index (χ0v) is 25.6. The number of nitrogens with zero attached hydrogens (tertiary/aromatic N) is 3. The highest BCUT2D eigenvalue weighted by Gasteiger charge is 2.41. The highest BCUT2D eigenvalue weighted by Crippen LogP contribution is 2.41. The number of anilines is 2. The van der Waals surface area contributed by atoms with Crippen molar-refractivity contribution >= 4 is 28.2 Å². The number of benzene rings is 2. The van der Waals surface area contributed by atoms with Crippen LogP contribution in [0.5, 0.6) is 0 Å². The first kappa shape index (κ1) is 33.4. The SMILES string of the molecule is Cc1cc(F)ccc1-c1cc(N2CC[C@H](CS(C)=O)C2)ncc1N(C)C(=O)C(C)(C)c1cc(C(F)(F)F)cc(C(F)(F)F)c1. The van der Waals surface area contributed by atoms with E-state index >= 15 is 0 Å². The molecule has 2 atom stereocenters. The van der Waals surface area contributed by atoms with Crippen LogP contribution in [0.25, 0.3) is 11.1 Å². The molecule has 4 rings (SSSR count). The van der Waals surface area contributed by atoms with E-state index in [0.717, 1.165) is 11.3 Å². The number of halogens is 7. The summed E-state index contributed by atoms with van der Waals surface area (Å²) in [6, 6.07) is 6.96. The van der Waals surface area contributed by atoms with Crippen LogP contribution in [0, 0.1) is 18.7 Å². The predicted octanol–water partition coefficient (Wildman–Crippen LogP) is 7.38. The van der Waals surface area contributed by atoms with Gasteiger partial charge in [0.1, 0.15) is 11.6 Å². The normalized spacial score (nSPS) is 16.7. The number of hydrogen-bond donors (Lipinski definition) is 0. The van der Waals surface area contributed by atoms with Crippen LogP contribution in [-0.4, -0.2) is 47.2 Å². The van der Waals surface area contributed by atoms with Crippen molar-refractivity contribution in [1.82, 2.24) is 4.98 Å². The summed E-state index contributed by atoms with van der Waals surface area (Å²) in [7, 11) is 0.394. The molecule has 0 bridgehead atoms. The summed E-state index contributed by atoms with van der Waals surface area (Å²) in [6.45, 7) is 5.45. The smallest absolute Gasteiger partial charge is 0.356 e. The van der Waals surface area contributed by atoms with E-state index in [1.54, 1.807) is 19.2 Å². The largest absolute Gasteiger partial charge is 0.416 e. The van der Waals surface area contributed by atoms with Crippen LogP contribution < -0.4 is 9.80 Å². The summed E-state index contributed by atoms with van der Waals surface area (Å²) in [5.41, 5.74) is -3.52. The lowest BCUT2D eigenvalue weighted by atomic mass is 9.81. The van der Waals surface area contributed by atoms with Gasteiger partial charge in [0, 0.05) is 48.5 Å². The zero-order valence-electron chi connectivity index (χ0n) is 24.7. The second kappa shape index (κ2) is 12.1. The third-order valence-corrected chi connectivity index (χ3v) is 8.88. The summed E-state index contributed by atoms with van der Waals surface area (Å²) in [6.07, 6.45) is -6.29. The molecule has 0 spiro atoms. The fraction of sp³-hybridized carbons (Fsp3) is 0.419. The molecule has 0 aliphatic carbocycles. The molecule has 1 aliphatic heterocycles. The summed E-state index contributed by atoms with van der Waals surface area (Å²) in [5, 5.41) is 0. The number of pyridine rings is 1. The maximum Gasteiger partial charge on any atom is 0.416 e. The molecular formula is C31H32F7N3O2S. The first-order valence-electron chi connectivity index (χ1n) is 13.7. The third-order valence-electron chi connectivity index (χ3n) is 7.94. The minimum Gasteiger partial charge on any atom is -0.356 e. The van der Waals surface area contributed by atoms with E-state index < -0.39 is 57.0 Å². The molecule has 0 N–H and O–H groups in total. The van der Waals surface area contributed by atoms with E-state index in [9.17, 15) is 39.7 Å². The van der Waals surface area contributed by atoms with E-state index in [-0.39, 0.29) is 17.7 Å². The zero-order chi connectivity index (χ0) is 32.8. The Morgan fingerprint density at radius 1 is 0.977 bits per heavy atom. The molecule has 1 aromatic heterocycles. The molecule has 5 nitrogen and oxygen atoms in total. The van der Waals surface area contributed by atoms with Crippen LogP contribution in [0.15, 0.2) is 48.7 Å². The topological polar surface area (TPSA) is 53.5 Å². The fourth-order valence-electron chi connectivity index (χ4n) is 5.50. The highest BCUT2D eigenvalue weighted by atomic mass is 32.2. The van der Waals surface area contributed by atoms with Gasteiger partial charge in [0.15, 0.2) is 0 Å². The van der Waals surface area contributed by atoms with E-state index in [4.69, 9.17) is 0 Å². The van der Waals surface area contributed by atoms with Gasteiger partial charge in [-0.2, -0.15) is 26.3 Å². The second-order valence-electron chi connectivity index (χ2n) is 11.6. The minimum absolute atomic E-state index is 0.0207. The number of alkyl halides is 6. The lowest BCUT2D eigenvalue weighted by Crippen LogP contribution is -2.42. The van der Waals surface area contributed by atoms with Gasteiger partial charge in [0.25, 0.3) is 0 Å². The molecule has 0 saturated carbocycles. The number of likely N-dealkylation sites (N-methyl/N-ethyl adjacent to an activating group) is 1. The lowest BCUT2D eigenvalue weighted by Gasteiger charge is -2.32. The predicted molar refractivity (Wildman–Crippen MR) is 157 cm³/mol. The molecule has 2 heterocycles. The molecule has 1 aliphatic rings. The van der Waals surface area contributed by atoms with Gasteiger partial charge in [0.2, 0.25) is 5.91 Å². The van der Waals surface area contributed by atoms with Gasteiger partial charge in [-0.1, -0.05) is 6.07 Å². The molecule has 0 radical (unpaired) electrons. The van der Waals surface area contributed by atoms with Crippen LogP contribution >= 0.6 is 0 Å². The van der Waals surface area contributed by atoms with Gasteiger partial charge >= 0.3 is 12.4 Å². The van der Waals surface area contributed by atoms with E-state index in [1.165, 1.54) is 45.3 Å². The monoisotopic (exact) mass is 643 g/mol. The summed E-state index contributed by atoms with van der Waals surface area (Å²) < 4.78 is 107. The Kier molecular flexibility index (Phi) is 9.21. The van der Waals surface area contributed by atoms with Gasteiger partial charge in [-0.05, 0) is 86.2 Å². The van der Waals surface area contributed by atoms with E-state index in [0.29, 0.717) is 53.5 Å². The van der Waals surface area contributed by atoms with E-state index in [1.807, 2.05) is 4.90 Å². The van der Waals surface area contributed by atoms with Crippen molar-refractivity contribution in [1.29, 1.82) is 0 Å². The van der Waals surface area contributed by atoms with E-state index in [2.05, 4.69) is 4.98 Å². The van der Waals surface area contributed by atoms with Crippen LogP contribution in [0.1, 0.15) is 42.5 Å². The number of carbonyl (C=O) groups is 1. The number of amides is 1. The van der Waals surface area contributed by atoms with Crippen LogP contribution in [0.3, 0.4) is 0 Å². The van der Waals surface area contributed by atoms with Crippen LogP contribution in [0.2, 0.25) is 0 Å². The van der Waals surface area contributed by atoms with Crippen LogP contribution in [-0.2, 0) is 33.4 Å². The van der Waals surface area contributed by atoms with Crippen molar-refractivity contribution in [2.75, 3.05) is 41.9 Å². The fourth-order valence-corrected chi connectivity index (χ4v) is 6.43. The van der Waals surface area contributed by atoms with Crippen molar-refractivity contribution in [3.63, 3.8) is 0 Å². The maximum absolute atomic E-state index is 14.0. The second-order valence-corrected chi connectivity index (χ2v) is 13.1. The molecule has 1 saturated heterocycles. The average Bonchev–Trinajstić information content (AvgIpc) is 3.38. The molecule has 44 heavy (non-hydrogen) atoms. The van der Waals surface area contributed by atoms with Crippen molar-refractivity contribution in [3.05, 3.63) is 76.7 Å². The summed E-state index contributed by atoms with van der Waals surface area (Å²) >= 11 is 0. The van der Waals surface area contributed by atoms with Crippen molar-refractivity contribution in [3.8, 4) is 11.1 Å². The number of rotatable bonds is 7. The first-order valence-corrected chi connectivity index (χ1v) is 15.4. The highest BCUT2D eigenvalue weighted by molar-refractivity contribution is 7.84. The molecular weight excluding hydrogens is 611 g/mol. The van der Waals surface area contributed by atoms with Gasteiger partial charge < -0.3 is 9.80 Å².